The predicted molar refractivity (Wildman–Crippen MR) is 72.5 cm³/mol. The van der Waals surface area contributed by atoms with E-state index < -0.39 is 11.9 Å². The molecule has 0 fully saturated rings. The van der Waals surface area contributed by atoms with Crippen molar-refractivity contribution in [3.8, 4) is 11.3 Å². The van der Waals surface area contributed by atoms with Crippen LogP contribution in [0, 0.1) is 0 Å². The fourth-order valence-corrected chi connectivity index (χ4v) is 1.65. The molecule has 5 nitrogen and oxygen atoms in total. The number of alkyl halides is 3. The Hall–Kier alpha value is -2.22. The molecule has 0 aliphatic heterocycles. The van der Waals surface area contributed by atoms with Crippen molar-refractivity contribution in [2.75, 3.05) is 19.0 Å². The fraction of sp³-hybridized carbons (Fsp3) is 0.308. The number of hydrogen-bond acceptors (Lipinski definition) is 5. The first-order valence-corrected chi connectivity index (χ1v) is 6.10. The van der Waals surface area contributed by atoms with E-state index in [2.05, 4.69) is 15.0 Å². The zero-order valence-corrected chi connectivity index (χ0v) is 11.5. The van der Waals surface area contributed by atoms with Crippen molar-refractivity contribution in [2.45, 2.75) is 12.7 Å². The monoisotopic (exact) mass is 297 g/mol. The van der Waals surface area contributed by atoms with Crippen LogP contribution in [0.15, 0.2) is 24.4 Å². The number of hydrogen-bond donors (Lipinski definition) is 1. The Labute approximate surface area is 119 Å². The molecule has 0 aliphatic carbocycles. The Bertz CT molecular complexity index is 623. The number of rotatable bonds is 3. The van der Waals surface area contributed by atoms with Crippen molar-refractivity contribution in [1.29, 1.82) is 0 Å². The van der Waals surface area contributed by atoms with E-state index in [0.29, 0.717) is 22.9 Å². The molecule has 0 radical (unpaired) electrons. The molecule has 0 saturated carbocycles. The van der Waals surface area contributed by atoms with Gasteiger partial charge >= 0.3 is 6.18 Å². The van der Waals surface area contributed by atoms with Crippen LogP contribution in [0.25, 0.3) is 11.3 Å². The van der Waals surface area contributed by atoms with Gasteiger partial charge in [-0.3, -0.25) is 4.98 Å². The molecule has 0 aromatic carbocycles. The van der Waals surface area contributed by atoms with Gasteiger partial charge in [0.15, 0.2) is 0 Å². The Balaban J connectivity index is 2.44. The summed E-state index contributed by atoms with van der Waals surface area (Å²) in [6, 6.07) is 3.89. The van der Waals surface area contributed by atoms with Gasteiger partial charge in [-0.25, -0.2) is 9.97 Å². The smallest absolute Gasteiger partial charge is 0.347 e. The molecule has 0 bridgehead atoms. The van der Waals surface area contributed by atoms with E-state index in [-0.39, 0.29) is 6.54 Å². The van der Waals surface area contributed by atoms with Crippen molar-refractivity contribution in [2.24, 2.45) is 5.73 Å². The number of anilines is 1. The van der Waals surface area contributed by atoms with E-state index >= 15 is 0 Å². The van der Waals surface area contributed by atoms with Crippen LogP contribution >= 0.6 is 0 Å². The van der Waals surface area contributed by atoms with Crippen LogP contribution < -0.4 is 10.6 Å². The standard InChI is InChI=1S/C13H14F3N5/c1-21(2)12-19-9(6-17)5-10(20-12)8-3-4-11(18-7-8)13(14,15)16/h3-5,7H,6,17H2,1-2H3. The second-order valence-electron chi connectivity index (χ2n) is 4.57. The van der Waals surface area contributed by atoms with Gasteiger partial charge < -0.3 is 10.6 Å². The van der Waals surface area contributed by atoms with Gasteiger partial charge in [-0.1, -0.05) is 0 Å². The normalized spacial score (nSPS) is 11.5. The maximum Gasteiger partial charge on any atom is 0.433 e. The van der Waals surface area contributed by atoms with E-state index in [4.69, 9.17) is 5.73 Å². The third-order valence-corrected chi connectivity index (χ3v) is 2.73. The van der Waals surface area contributed by atoms with Crippen molar-refractivity contribution in [1.82, 2.24) is 15.0 Å². The molecule has 112 valence electrons. The molecular formula is C13H14F3N5. The van der Waals surface area contributed by atoms with Gasteiger partial charge in [0.05, 0.1) is 11.4 Å². The number of nitrogens with zero attached hydrogens (tertiary/aromatic N) is 4. The fourth-order valence-electron chi connectivity index (χ4n) is 1.65. The van der Waals surface area contributed by atoms with Crippen molar-refractivity contribution in [3.05, 3.63) is 35.8 Å². The van der Waals surface area contributed by atoms with Gasteiger partial charge in [0.1, 0.15) is 5.69 Å². The summed E-state index contributed by atoms with van der Waals surface area (Å²) in [5.74, 6) is 0.438. The molecule has 2 aromatic heterocycles. The van der Waals surface area contributed by atoms with Gasteiger partial charge in [-0.15, -0.1) is 0 Å². The Kier molecular flexibility index (Phi) is 4.08. The molecule has 8 heteroatoms. The number of aromatic nitrogens is 3. The lowest BCUT2D eigenvalue weighted by Gasteiger charge is -2.13. The molecule has 0 spiro atoms. The molecule has 2 aromatic rings. The number of nitrogens with two attached hydrogens (primary N) is 1. The quantitative estimate of drug-likeness (QED) is 0.939. The van der Waals surface area contributed by atoms with Crippen molar-refractivity contribution >= 4 is 5.95 Å². The summed E-state index contributed by atoms with van der Waals surface area (Å²) in [6.45, 7) is 0.213. The van der Waals surface area contributed by atoms with Crippen LogP contribution in [0.4, 0.5) is 19.1 Å². The molecule has 2 rings (SSSR count). The minimum Gasteiger partial charge on any atom is -0.347 e. The van der Waals surface area contributed by atoms with Gasteiger partial charge in [0.25, 0.3) is 0 Å². The van der Waals surface area contributed by atoms with Crippen LogP contribution in [-0.2, 0) is 12.7 Å². The first-order valence-electron chi connectivity index (χ1n) is 6.10. The molecule has 0 amide bonds. The van der Waals surface area contributed by atoms with Crippen LogP contribution in [0.3, 0.4) is 0 Å². The van der Waals surface area contributed by atoms with E-state index in [1.165, 1.54) is 6.07 Å². The summed E-state index contributed by atoms with van der Waals surface area (Å²) >= 11 is 0. The minimum absolute atomic E-state index is 0.213. The maximum atomic E-state index is 12.5. The zero-order chi connectivity index (χ0) is 15.6. The highest BCUT2D eigenvalue weighted by molar-refractivity contribution is 5.60. The summed E-state index contributed by atoms with van der Waals surface area (Å²) < 4.78 is 37.5. The molecule has 2 heterocycles. The van der Waals surface area contributed by atoms with Gasteiger partial charge in [0, 0.05) is 32.4 Å². The second kappa shape index (κ2) is 5.65. The van der Waals surface area contributed by atoms with E-state index in [0.717, 1.165) is 12.3 Å². The summed E-state index contributed by atoms with van der Waals surface area (Å²) in [5.41, 5.74) is 6.19. The Morgan fingerprint density at radius 1 is 1.19 bits per heavy atom. The summed E-state index contributed by atoms with van der Waals surface area (Å²) in [7, 11) is 3.54. The number of pyridine rings is 1. The van der Waals surface area contributed by atoms with Crippen LogP contribution in [0.2, 0.25) is 0 Å². The first kappa shape index (κ1) is 15.2. The second-order valence-corrected chi connectivity index (χ2v) is 4.57. The molecule has 0 unspecified atom stereocenters. The molecular weight excluding hydrogens is 283 g/mol. The molecule has 2 N–H and O–H groups in total. The topological polar surface area (TPSA) is 67.9 Å². The summed E-state index contributed by atoms with van der Waals surface area (Å²) in [5, 5.41) is 0. The SMILES string of the molecule is CN(C)c1nc(CN)cc(-c2ccc(C(F)(F)F)nc2)n1. The third-order valence-electron chi connectivity index (χ3n) is 2.73. The van der Waals surface area contributed by atoms with Gasteiger partial charge in [-0.2, -0.15) is 13.2 Å². The van der Waals surface area contributed by atoms with E-state index in [1.807, 2.05) is 0 Å². The third kappa shape index (κ3) is 3.46. The highest BCUT2D eigenvalue weighted by Gasteiger charge is 2.32. The molecule has 0 saturated heterocycles. The minimum atomic E-state index is -4.46. The lowest BCUT2D eigenvalue weighted by molar-refractivity contribution is -0.141. The van der Waals surface area contributed by atoms with Gasteiger partial charge in [0.2, 0.25) is 5.95 Å². The average molecular weight is 297 g/mol. The largest absolute Gasteiger partial charge is 0.433 e. The van der Waals surface area contributed by atoms with Crippen molar-refractivity contribution in [3.63, 3.8) is 0 Å². The highest BCUT2D eigenvalue weighted by atomic mass is 19.4. The van der Waals surface area contributed by atoms with Crippen molar-refractivity contribution < 1.29 is 13.2 Å². The molecule has 0 aliphatic rings. The number of halogens is 3. The van der Waals surface area contributed by atoms with Crippen LogP contribution in [-0.4, -0.2) is 29.0 Å². The zero-order valence-electron chi connectivity index (χ0n) is 11.5. The molecule has 21 heavy (non-hydrogen) atoms. The summed E-state index contributed by atoms with van der Waals surface area (Å²) in [4.78, 5) is 13.6. The molecule has 0 atom stereocenters. The first-order chi connectivity index (χ1) is 9.81. The lowest BCUT2D eigenvalue weighted by Crippen LogP contribution is -2.15. The highest BCUT2D eigenvalue weighted by Crippen LogP contribution is 2.28. The Morgan fingerprint density at radius 2 is 1.90 bits per heavy atom. The van der Waals surface area contributed by atoms with Gasteiger partial charge in [-0.05, 0) is 18.2 Å². The summed E-state index contributed by atoms with van der Waals surface area (Å²) in [6.07, 6.45) is -3.31. The van der Waals surface area contributed by atoms with Crippen LogP contribution in [0.1, 0.15) is 11.4 Å². The van der Waals surface area contributed by atoms with E-state index in [9.17, 15) is 13.2 Å². The van der Waals surface area contributed by atoms with Crippen LogP contribution in [0.5, 0.6) is 0 Å². The maximum absolute atomic E-state index is 12.5. The predicted octanol–water partition coefficient (Wildman–Crippen LogP) is 2.08. The average Bonchev–Trinajstić information content (AvgIpc) is 2.46. The Morgan fingerprint density at radius 3 is 2.38 bits per heavy atom. The lowest BCUT2D eigenvalue weighted by atomic mass is 10.1. The van der Waals surface area contributed by atoms with E-state index in [1.54, 1.807) is 25.1 Å².